The monoisotopic (exact) mass is 385 g/mol. The number of halogens is 4. The van der Waals surface area contributed by atoms with Crippen LogP contribution in [0.25, 0.3) is 21.8 Å². The number of rotatable bonds is 3. The lowest BCUT2D eigenvalue weighted by molar-refractivity contribution is -0.138. The molecule has 0 saturated heterocycles. The van der Waals surface area contributed by atoms with Crippen molar-refractivity contribution in [3.05, 3.63) is 83.2 Å². The maximum atomic E-state index is 13.4. The van der Waals surface area contributed by atoms with Crippen LogP contribution in [0.3, 0.4) is 0 Å². The van der Waals surface area contributed by atoms with Gasteiger partial charge in [-0.05, 0) is 42.0 Å². The van der Waals surface area contributed by atoms with Gasteiger partial charge in [-0.25, -0.2) is 4.39 Å². The van der Waals surface area contributed by atoms with Gasteiger partial charge >= 0.3 is 6.18 Å². The first kappa shape index (κ1) is 18.0. The standard InChI is InChI=1S/C21H13F4N2O/c22-13-9-8-12(16(10-13)21(23,24)25)11-27-17-6-2-1-4-14(17)19-15(20(26)28)5-3-7-18(19)27/h1-3,5-10H,11H2,(H2,26,28). The number of aromatic nitrogens is 1. The number of nitrogens with two attached hydrogens (primary N) is 1. The summed E-state index contributed by atoms with van der Waals surface area (Å²) in [6.45, 7) is -0.158. The minimum absolute atomic E-state index is 0.0824. The first-order chi connectivity index (χ1) is 13.3. The Bertz CT molecular complexity index is 1220. The van der Waals surface area contributed by atoms with Crippen LogP contribution in [0.15, 0.2) is 54.6 Å². The maximum absolute atomic E-state index is 13.4. The largest absolute Gasteiger partial charge is 0.416 e. The Morgan fingerprint density at radius 3 is 2.54 bits per heavy atom. The molecular formula is C21H13F4N2O. The minimum Gasteiger partial charge on any atom is -0.366 e. The molecule has 0 atom stereocenters. The molecule has 0 aliphatic heterocycles. The number of hydrogen-bond acceptors (Lipinski definition) is 1. The van der Waals surface area contributed by atoms with Crippen LogP contribution in [-0.2, 0) is 12.7 Å². The molecule has 1 aromatic heterocycles. The zero-order valence-electron chi connectivity index (χ0n) is 14.3. The number of amides is 1. The van der Waals surface area contributed by atoms with Crippen molar-refractivity contribution in [2.24, 2.45) is 5.73 Å². The highest BCUT2D eigenvalue weighted by Crippen LogP contribution is 2.36. The van der Waals surface area contributed by atoms with Gasteiger partial charge in [0.15, 0.2) is 0 Å². The fourth-order valence-corrected chi connectivity index (χ4v) is 3.51. The fourth-order valence-electron chi connectivity index (χ4n) is 3.51. The lowest BCUT2D eigenvalue weighted by atomic mass is 10.1. The van der Waals surface area contributed by atoms with Gasteiger partial charge in [-0.1, -0.05) is 24.3 Å². The molecule has 2 N–H and O–H groups in total. The number of alkyl halides is 3. The number of primary amides is 1. The van der Waals surface area contributed by atoms with Gasteiger partial charge in [0.25, 0.3) is 0 Å². The van der Waals surface area contributed by atoms with Gasteiger partial charge in [-0.2, -0.15) is 13.2 Å². The molecule has 7 heteroatoms. The molecule has 0 unspecified atom stereocenters. The third-order valence-electron chi connectivity index (χ3n) is 4.68. The van der Waals surface area contributed by atoms with Crippen LogP contribution in [0.5, 0.6) is 0 Å². The van der Waals surface area contributed by atoms with Gasteiger partial charge < -0.3 is 10.3 Å². The highest BCUT2D eigenvalue weighted by Gasteiger charge is 2.34. The average molecular weight is 385 g/mol. The van der Waals surface area contributed by atoms with Crippen molar-refractivity contribution in [3.8, 4) is 0 Å². The van der Waals surface area contributed by atoms with Gasteiger partial charge in [0.2, 0.25) is 5.91 Å². The maximum Gasteiger partial charge on any atom is 0.416 e. The topological polar surface area (TPSA) is 48.0 Å². The van der Waals surface area contributed by atoms with Crippen molar-refractivity contribution in [3.63, 3.8) is 0 Å². The molecule has 28 heavy (non-hydrogen) atoms. The SMILES string of the molecule is NC(=O)c1cccc2c1c1[c]cccc1n2Cc1ccc(F)cc1C(F)(F)F. The number of fused-ring (bicyclic) bond motifs is 3. The molecule has 4 aromatic rings. The van der Waals surface area contributed by atoms with Crippen LogP contribution in [-0.4, -0.2) is 10.5 Å². The smallest absolute Gasteiger partial charge is 0.366 e. The summed E-state index contributed by atoms with van der Waals surface area (Å²) in [5, 5.41) is 1.11. The summed E-state index contributed by atoms with van der Waals surface area (Å²) in [4.78, 5) is 11.9. The number of carbonyl (C=O) groups is 1. The second kappa shape index (κ2) is 6.37. The molecule has 3 aromatic carbocycles. The third-order valence-corrected chi connectivity index (χ3v) is 4.68. The van der Waals surface area contributed by atoms with Gasteiger partial charge in [0.1, 0.15) is 5.82 Å². The zero-order chi connectivity index (χ0) is 20.1. The number of nitrogens with zero attached hydrogens (tertiary/aromatic N) is 1. The normalized spacial score (nSPS) is 12.0. The average Bonchev–Trinajstić information content (AvgIpc) is 2.96. The van der Waals surface area contributed by atoms with E-state index in [1.54, 1.807) is 41.0 Å². The van der Waals surface area contributed by atoms with Gasteiger partial charge in [0, 0.05) is 22.9 Å². The first-order valence-corrected chi connectivity index (χ1v) is 8.34. The predicted molar refractivity (Wildman–Crippen MR) is 97.3 cm³/mol. The van der Waals surface area contributed by atoms with Crippen LogP contribution in [0, 0.1) is 11.9 Å². The van der Waals surface area contributed by atoms with Crippen molar-refractivity contribution >= 4 is 27.7 Å². The summed E-state index contributed by atoms with van der Waals surface area (Å²) >= 11 is 0. The fraction of sp³-hybridized carbons (Fsp3) is 0.0952. The highest BCUT2D eigenvalue weighted by molar-refractivity contribution is 6.17. The first-order valence-electron chi connectivity index (χ1n) is 8.34. The summed E-state index contributed by atoms with van der Waals surface area (Å²) in [5.74, 6) is -1.60. The zero-order valence-corrected chi connectivity index (χ0v) is 14.3. The van der Waals surface area contributed by atoms with E-state index in [2.05, 4.69) is 6.07 Å². The van der Waals surface area contributed by atoms with Crippen molar-refractivity contribution in [1.82, 2.24) is 4.57 Å². The minimum atomic E-state index is -4.69. The molecule has 1 amide bonds. The Balaban J connectivity index is 2.01. The van der Waals surface area contributed by atoms with Gasteiger partial charge in [0.05, 0.1) is 16.6 Å². The Kier molecular flexibility index (Phi) is 4.10. The molecule has 0 spiro atoms. The molecule has 3 nitrogen and oxygen atoms in total. The molecule has 0 fully saturated rings. The van der Waals surface area contributed by atoms with Crippen LogP contribution in [0.4, 0.5) is 17.6 Å². The van der Waals surface area contributed by atoms with Crippen LogP contribution >= 0.6 is 0 Å². The number of benzene rings is 3. The van der Waals surface area contributed by atoms with Gasteiger partial charge in [-0.15, -0.1) is 0 Å². The number of carbonyl (C=O) groups excluding carboxylic acids is 1. The van der Waals surface area contributed by atoms with E-state index >= 15 is 0 Å². The molecule has 0 aliphatic carbocycles. The Hall–Kier alpha value is -3.35. The summed E-state index contributed by atoms with van der Waals surface area (Å²) in [6.07, 6.45) is -4.69. The molecular weight excluding hydrogens is 372 g/mol. The predicted octanol–water partition coefficient (Wildman–Crippen LogP) is 4.90. The summed E-state index contributed by atoms with van der Waals surface area (Å²) < 4.78 is 55.3. The molecule has 1 radical (unpaired) electrons. The molecule has 0 saturated carbocycles. The van der Waals surface area contributed by atoms with E-state index in [9.17, 15) is 22.4 Å². The van der Waals surface area contributed by atoms with Crippen LogP contribution in [0.2, 0.25) is 0 Å². The van der Waals surface area contributed by atoms with E-state index < -0.39 is 23.5 Å². The molecule has 1 heterocycles. The van der Waals surface area contributed by atoms with Crippen molar-refractivity contribution in [2.75, 3.05) is 0 Å². The lowest BCUT2D eigenvalue weighted by Crippen LogP contribution is -2.13. The second-order valence-electron chi connectivity index (χ2n) is 6.38. The third kappa shape index (κ3) is 2.89. The van der Waals surface area contributed by atoms with Crippen LogP contribution in [0.1, 0.15) is 21.5 Å². The Morgan fingerprint density at radius 2 is 1.82 bits per heavy atom. The van der Waals surface area contributed by atoms with E-state index in [1.807, 2.05) is 0 Å². The molecule has 4 rings (SSSR count). The highest BCUT2D eigenvalue weighted by atomic mass is 19.4. The van der Waals surface area contributed by atoms with E-state index in [4.69, 9.17) is 5.73 Å². The Labute approximate surface area is 157 Å². The van der Waals surface area contributed by atoms with Crippen molar-refractivity contribution in [1.29, 1.82) is 0 Å². The van der Waals surface area contributed by atoms with Crippen molar-refractivity contribution < 1.29 is 22.4 Å². The molecule has 0 aliphatic rings. The van der Waals surface area contributed by atoms with E-state index in [0.717, 1.165) is 12.1 Å². The van der Waals surface area contributed by atoms with E-state index in [0.29, 0.717) is 27.9 Å². The quantitative estimate of drug-likeness (QED) is 0.501. The molecule has 0 bridgehead atoms. The molecule has 141 valence electrons. The second-order valence-corrected chi connectivity index (χ2v) is 6.38. The summed E-state index contributed by atoms with van der Waals surface area (Å²) in [6, 6.07) is 15.6. The Morgan fingerprint density at radius 1 is 1.07 bits per heavy atom. The van der Waals surface area contributed by atoms with E-state index in [1.165, 1.54) is 0 Å². The van der Waals surface area contributed by atoms with Crippen LogP contribution < -0.4 is 5.73 Å². The summed E-state index contributed by atoms with van der Waals surface area (Å²) in [5.41, 5.74) is 5.77. The van der Waals surface area contributed by atoms with E-state index in [-0.39, 0.29) is 17.7 Å². The number of hydrogen-bond donors (Lipinski definition) is 1. The lowest BCUT2D eigenvalue weighted by Gasteiger charge is -2.15. The van der Waals surface area contributed by atoms with Crippen molar-refractivity contribution in [2.45, 2.75) is 12.7 Å². The summed E-state index contributed by atoms with van der Waals surface area (Å²) in [7, 11) is 0. The van der Waals surface area contributed by atoms with Gasteiger partial charge in [-0.3, -0.25) is 4.79 Å².